The molecule has 4 heteroatoms. The Bertz CT molecular complexity index is 417. The molecule has 0 aliphatic rings. The summed E-state index contributed by atoms with van der Waals surface area (Å²) in [5.41, 5.74) is 0.863. The van der Waals surface area contributed by atoms with E-state index in [9.17, 15) is 9.90 Å². The molecule has 1 aromatic carbocycles. The van der Waals surface area contributed by atoms with Gasteiger partial charge in [-0.15, -0.1) is 0 Å². The number of benzene rings is 1. The molecule has 21 heavy (non-hydrogen) atoms. The largest absolute Gasteiger partial charge is 0.481 e. The number of nitrogens with one attached hydrogen (secondary N) is 1. The first-order chi connectivity index (χ1) is 10.1. The van der Waals surface area contributed by atoms with Gasteiger partial charge in [0.1, 0.15) is 5.75 Å². The molecule has 1 unspecified atom stereocenters. The third-order valence-electron chi connectivity index (χ3n) is 3.41. The van der Waals surface area contributed by atoms with Crippen LogP contribution < -0.4 is 10.1 Å². The normalized spacial score (nSPS) is 13.5. The minimum atomic E-state index is -0.520. The van der Waals surface area contributed by atoms with Gasteiger partial charge in [-0.3, -0.25) is 4.79 Å². The molecule has 1 rings (SSSR count). The summed E-state index contributed by atoms with van der Waals surface area (Å²) in [5.74, 6) is 0.544. The van der Waals surface area contributed by atoms with Crippen LogP contribution in [0.1, 0.15) is 58.1 Å². The maximum absolute atomic E-state index is 11.9. The summed E-state index contributed by atoms with van der Waals surface area (Å²) in [5, 5.41) is 12.6. The second-order valence-corrected chi connectivity index (χ2v) is 5.25. The number of aliphatic hydroxyl groups is 1. The van der Waals surface area contributed by atoms with Crippen molar-refractivity contribution in [2.45, 2.75) is 58.7 Å². The van der Waals surface area contributed by atoms with Crippen LogP contribution in [0, 0.1) is 0 Å². The minimum Gasteiger partial charge on any atom is -0.481 e. The Hall–Kier alpha value is -1.55. The highest BCUT2D eigenvalue weighted by atomic mass is 16.5. The van der Waals surface area contributed by atoms with Gasteiger partial charge in [-0.05, 0) is 37.5 Å². The Labute approximate surface area is 127 Å². The van der Waals surface area contributed by atoms with Crippen molar-refractivity contribution >= 4 is 5.91 Å². The van der Waals surface area contributed by atoms with Gasteiger partial charge in [0.25, 0.3) is 5.91 Å². The fraction of sp³-hybridized carbons (Fsp3) is 0.588. The second kappa shape index (κ2) is 9.40. The van der Waals surface area contributed by atoms with Crippen molar-refractivity contribution < 1.29 is 14.6 Å². The van der Waals surface area contributed by atoms with Crippen molar-refractivity contribution in [1.82, 2.24) is 5.32 Å². The van der Waals surface area contributed by atoms with Crippen molar-refractivity contribution in [3.8, 4) is 5.75 Å². The molecule has 1 amide bonds. The molecule has 118 valence electrons. The van der Waals surface area contributed by atoms with E-state index in [1.807, 2.05) is 19.1 Å². The van der Waals surface area contributed by atoms with E-state index in [0.717, 1.165) is 24.8 Å². The lowest BCUT2D eigenvalue weighted by atomic mass is 10.1. The van der Waals surface area contributed by atoms with Crippen LogP contribution in [0.4, 0.5) is 0 Å². The molecule has 0 heterocycles. The van der Waals surface area contributed by atoms with Crippen LogP contribution in [-0.2, 0) is 4.79 Å². The fourth-order valence-corrected chi connectivity index (χ4v) is 1.99. The number of carbonyl (C=O) groups is 1. The molecule has 0 bridgehead atoms. The Balaban J connectivity index is 2.43. The zero-order chi connectivity index (χ0) is 15.7. The van der Waals surface area contributed by atoms with Gasteiger partial charge in [0.2, 0.25) is 0 Å². The van der Waals surface area contributed by atoms with E-state index in [4.69, 9.17) is 4.74 Å². The lowest BCUT2D eigenvalue weighted by molar-refractivity contribution is -0.127. The first-order valence-electron chi connectivity index (χ1n) is 7.80. The molecule has 2 N–H and O–H groups in total. The van der Waals surface area contributed by atoms with Crippen LogP contribution in [0.25, 0.3) is 0 Å². The number of carbonyl (C=O) groups excluding carboxylic acids is 1. The Kier molecular flexibility index (Phi) is 7.83. The third-order valence-corrected chi connectivity index (χ3v) is 3.41. The summed E-state index contributed by atoms with van der Waals surface area (Å²) in [6, 6.07) is 7.23. The average molecular weight is 293 g/mol. The molecule has 4 nitrogen and oxygen atoms in total. The van der Waals surface area contributed by atoms with Crippen LogP contribution >= 0.6 is 0 Å². The first kappa shape index (κ1) is 17.5. The van der Waals surface area contributed by atoms with Crippen LogP contribution in [0.3, 0.4) is 0 Å². The number of ether oxygens (including phenoxy) is 1. The topological polar surface area (TPSA) is 58.6 Å². The maximum Gasteiger partial charge on any atom is 0.260 e. The molecule has 0 saturated heterocycles. The highest BCUT2D eigenvalue weighted by molar-refractivity contribution is 5.80. The smallest absolute Gasteiger partial charge is 0.260 e. The van der Waals surface area contributed by atoms with Crippen molar-refractivity contribution in [3.63, 3.8) is 0 Å². The Morgan fingerprint density at radius 3 is 2.48 bits per heavy atom. The van der Waals surface area contributed by atoms with Gasteiger partial charge in [-0.2, -0.15) is 0 Å². The van der Waals surface area contributed by atoms with Crippen LogP contribution in [0.5, 0.6) is 5.75 Å². The molecule has 1 aromatic rings. The molecule has 0 saturated carbocycles. The zero-order valence-corrected chi connectivity index (χ0v) is 13.3. The van der Waals surface area contributed by atoms with Gasteiger partial charge in [-0.1, -0.05) is 38.8 Å². The number of aliphatic hydroxyl groups excluding tert-OH is 1. The van der Waals surface area contributed by atoms with E-state index >= 15 is 0 Å². The molecule has 2 atom stereocenters. The minimum absolute atomic E-state index is 0.0937. The molecule has 0 aromatic heterocycles. The van der Waals surface area contributed by atoms with Crippen LogP contribution in [0.2, 0.25) is 0 Å². The average Bonchev–Trinajstić information content (AvgIpc) is 2.51. The van der Waals surface area contributed by atoms with Crippen molar-refractivity contribution in [2.75, 3.05) is 6.54 Å². The maximum atomic E-state index is 11.9. The quantitative estimate of drug-likeness (QED) is 0.687. The fourth-order valence-electron chi connectivity index (χ4n) is 1.99. The zero-order valence-electron chi connectivity index (χ0n) is 13.3. The number of rotatable bonds is 9. The molecule has 0 radical (unpaired) electrons. The van der Waals surface area contributed by atoms with Gasteiger partial charge >= 0.3 is 0 Å². The molecular weight excluding hydrogens is 266 g/mol. The van der Waals surface area contributed by atoms with E-state index in [1.54, 1.807) is 19.1 Å². The van der Waals surface area contributed by atoms with Gasteiger partial charge < -0.3 is 15.2 Å². The highest BCUT2D eigenvalue weighted by Crippen LogP contribution is 2.20. The van der Waals surface area contributed by atoms with Crippen molar-refractivity contribution in [3.05, 3.63) is 29.8 Å². The SMILES string of the molecule is CCCCCNC(=O)C(C)Oc1ccc([C@H](O)CC)cc1. The number of unbranched alkanes of at least 4 members (excludes halogenated alkanes) is 2. The summed E-state index contributed by atoms with van der Waals surface area (Å²) < 4.78 is 5.61. The lowest BCUT2D eigenvalue weighted by Gasteiger charge is -2.15. The number of hydrogen-bond donors (Lipinski definition) is 2. The lowest BCUT2D eigenvalue weighted by Crippen LogP contribution is -2.36. The van der Waals surface area contributed by atoms with Gasteiger partial charge in [0.05, 0.1) is 6.10 Å². The monoisotopic (exact) mass is 293 g/mol. The molecule has 0 fully saturated rings. The summed E-state index contributed by atoms with van der Waals surface area (Å²) in [4.78, 5) is 11.9. The summed E-state index contributed by atoms with van der Waals surface area (Å²) in [6.07, 6.45) is 2.97. The summed E-state index contributed by atoms with van der Waals surface area (Å²) >= 11 is 0. The van der Waals surface area contributed by atoms with E-state index in [-0.39, 0.29) is 5.91 Å². The number of amides is 1. The van der Waals surface area contributed by atoms with Crippen LogP contribution in [0.15, 0.2) is 24.3 Å². The van der Waals surface area contributed by atoms with Crippen molar-refractivity contribution in [2.24, 2.45) is 0 Å². The predicted molar refractivity (Wildman–Crippen MR) is 84.3 cm³/mol. The van der Waals surface area contributed by atoms with E-state index in [1.165, 1.54) is 0 Å². The molecule has 0 aliphatic heterocycles. The molecule has 0 aliphatic carbocycles. The Morgan fingerprint density at radius 2 is 1.90 bits per heavy atom. The highest BCUT2D eigenvalue weighted by Gasteiger charge is 2.14. The second-order valence-electron chi connectivity index (χ2n) is 5.25. The standard InChI is InChI=1S/C17H27NO3/c1-4-6-7-12-18-17(20)13(3)21-15-10-8-14(9-11-15)16(19)5-2/h8-11,13,16,19H,4-7,12H2,1-3H3,(H,18,20)/t13?,16-/m1/s1. The third kappa shape index (κ3) is 6.17. The van der Waals surface area contributed by atoms with E-state index < -0.39 is 12.2 Å². The van der Waals surface area contributed by atoms with E-state index in [0.29, 0.717) is 18.7 Å². The number of hydrogen-bond acceptors (Lipinski definition) is 3. The van der Waals surface area contributed by atoms with Gasteiger partial charge in [0.15, 0.2) is 6.10 Å². The predicted octanol–water partition coefficient (Wildman–Crippen LogP) is 3.20. The first-order valence-corrected chi connectivity index (χ1v) is 7.80. The van der Waals surface area contributed by atoms with Crippen molar-refractivity contribution in [1.29, 1.82) is 0 Å². The molecule has 0 spiro atoms. The summed E-state index contributed by atoms with van der Waals surface area (Å²) in [6.45, 7) is 6.50. The van der Waals surface area contributed by atoms with Crippen LogP contribution in [-0.4, -0.2) is 23.7 Å². The molecular formula is C17H27NO3. The van der Waals surface area contributed by atoms with Gasteiger partial charge in [-0.25, -0.2) is 0 Å². The summed E-state index contributed by atoms with van der Waals surface area (Å²) in [7, 11) is 0. The van der Waals surface area contributed by atoms with Gasteiger partial charge in [0, 0.05) is 6.54 Å². The van der Waals surface area contributed by atoms with E-state index in [2.05, 4.69) is 12.2 Å². The Morgan fingerprint density at radius 1 is 1.24 bits per heavy atom.